The summed E-state index contributed by atoms with van der Waals surface area (Å²) in [4.78, 5) is 21.1. The number of hydrogen-bond donors (Lipinski definition) is 1. The Labute approximate surface area is 60.1 Å². The minimum Gasteiger partial charge on any atom is -0.355 e. The summed E-state index contributed by atoms with van der Waals surface area (Å²) >= 11 is 0. The van der Waals surface area contributed by atoms with E-state index in [4.69, 9.17) is 0 Å². The van der Waals surface area contributed by atoms with Gasteiger partial charge in [-0.15, -0.1) is 0 Å². The van der Waals surface area contributed by atoms with Crippen molar-refractivity contribution in [2.24, 2.45) is 0 Å². The van der Waals surface area contributed by atoms with Gasteiger partial charge in [0, 0.05) is 12.6 Å². The molecule has 1 amide bonds. The van der Waals surface area contributed by atoms with E-state index in [1.165, 1.54) is 20.0 Å². The van der Waals surface area contributed by atoms with Crippen molar-refractivity contribution in [3.8, 4) is 0 Å². The quantitative estimate of drug-likeness (QED) is 0.561. The van der Waals surface area contributed by atoms with Gasteiger partial charge in [-0.2, -0.15) is 0 Å². The van der Waals surface area contributed by atoms with E-state index in [0.29, 0.717) is 5.57 Å². The van der Waals surface area contributed by atoms with Gasteiger partial charge in [-0.05, 0) is 19.9 Å². The van der Waals surface area contributed by atoms with Gasteiger partial charge in [0.15, 0.2) is 5.78 Å². The van der Waals surface area contributed by atoms with Crippen molar-refractivity contribution in [1.29, 1.82) is 0 Å². The van der Waals surface area contributed by atoms with Crippen LogP contribution in [0.25, 0.3) is 0 Å². The Kier molecular flexibility index (Phi) is 3.39. The molecule has 0 aliphatic heterocycles. The van der Waals surface area contributed by atoms with Crippen LogP contribution >= 0.6 is 0 Å². The first kappa shape index (κ1) is 8.88. The van der Waals surface area contributed by atoms with E-state index in [-0.39, 0.29) is 11.7 Å². The van der Waals surface area contributed by atoms with Crippen molar-refractivity contribution in [2.45, 2.75) is 13.8 Å². The number of carbonyl (C=O) groups is 2. The van der Waals surface area contributed by atoms with Crippen molar-refractivity contribution in [3.05, 3.63) is 11.6 Å². The average molecular weight is 141 g/mol. The first-order valence-electron chi connectivity index (χ1n) is 2.99. The molecule has 0 aliphatic rings. The molecule has 0 aromatic carbocycles. The molecule has 0 atom stereocenters. The zero-order valence-electron chi connectivity index (χ0n) is 6.39. The summed E-state index contributed by atoms with van der Waals surface area (Å²) in [6.45, 7) is 3.01. The third kappa shape index (κ3) is 3.02. The Bertz CT molecular complexity index is 182. The van der Waals surface area contributed by atoms with Crippen LogP contribution in [0.1, 0.15) is 13.8 Å². The normalized spacial score (nSPS) is 10.9. The predicted octanol–water partition coefficient (Wildman–Crippen LogP) is 0.268. The molecule has 0 saturated heterocycles. The topological polar surface area (TPSA) is 46.2 Å². The third-order valence-corrected chi connectivity index (χ3v) is 1.00. The Morgan fingerprint density at radius 3 is 2.10 bits per heavy atom. The second-order valence-electron chi connectivity index (χ2n) is 2.02. The molecule has 10 heavy (non-hydrogen) atoms. The van der Waals surface area contributed by atoms with Crippen LogP contribution in [-0.2, 0) is 9.59 Å². The van der Waals surface area contributed by atoms with E-state index in [1.54, 1.807) is 6.92 Å². The lowest BCUT2D eigenvalue weighted by Crippen LogP contribution is -2.18. The molecule has 0 unspecified atom stereocenters. The highest BCUT2D eigenvalue weighted by molar-refractivity contribution is 6.00. The summed E-state index contributed by atoms with van der Waals surface area (Å²) in [5.41, 5.74) is 0.440. The maximum absolute atomic E-state index is 10.7. The molecule has 0 aliphatic carbocycles. The van der Waals surface area contributed by atoms with E-state index in [2.05, 4.69) is 5.32 Å². The van der Waals surface area contributed by atoms with Crippen LogP contribution in [0.2, 0.25) is 0 Å². The third-order valence-electron chi connectivity index (χ3n) is 1.00. The molecule has 3 heteroatoms. The smallest absolute Gasteiger partial charge is 0.246 e. The number of hydrogen-bond acceptors (Lipinski definition) is 2. The second-order valence-corrected chi connectivity index (χ2v) is 2.02. The fraction of sp³-hybridized carbons (Fsp3) is 0.429. The summed E-state index contributed by atoms with van der Waals surface area (Å²) in [5.74, 6) is -0.323. The van der Waals surface area contributed by atoms with Gasteiger partial charge in [0.2, 0.25) is 5.91 Å². The average Bonchev–Trinajstić information content (AvgIpc) is 1.85. The van der Waals surface area contributed by atoms with Gasteiger partial charge in [-0.1, -0.05) is 0 Å². The van der Waals surface area contributed by atoms with Gasteiger partial charge in [0.05, 0.1) is 0 Å². The van der Waals surface area contributed by atoms with E-state index in [0.717, 1.165) is 0 Å². The number of allylic oxidation sites excluding steroid dienone is 1. The minimum absolute atomic E-state index is 0.110. The molecule has 0 fully saturated rings. The second kappa shape index (κ2) is 3.82. The van der Waals surface area contributed by atoms with Crippen molar-refractivity contribution < 1.29 is 9.59 Å². The van der Waals surface area contributed by atoms with Crippen LogP contribution in [0.15, 0.2) is 11.6 Å². The van der Waals surface area contributed by atoms with Crippen LogP contribution in [0.4, 0.5) is 0 Å². The van der Waals surface area contributed by atoms with Crippen molar-refractivity contribution in [1.82, 2.24) is 5.32 Å². The minimum atomic E-state index is -0.213. The lowest BCUT2D eigenvalue weighted by molar-refractivity contribution is -0.118. The number of carbonyl (C=O) groups excluding carboxylic acids is 2. The molecule has 0 saturated carbocycles. The van der Waals surface area contributed by atoms with E-state index >= 15 is 0 Å². The van der Waals surface area contributed by atoms with Crippen molar-refractivity contribution in [2.75, 3.05) is 7.05 Å². The van der Waals surface area contributed by atoms with Gasteiger partial charge in [0.1, 0.15) is 0 Å². The standard InChI is InChI=1S/C7H11NO2/c1-5(4-6(2)9)7(10)8-3/h4H,1-3H3,(H,8,10). The highest BCUT2D eigenvalue weighted by atomic mass is 16.1. The van der Waals surface area contributed by atoms with Crippen molar-refractivity contribution in [3.63, 3.8) is 0 Å². The molecule has 0 rings (SSSR count). The Balaban J connectivity index is 4.19. The molecule has 0 bridgehead atoms. The van der Waals surface area contributed by atoms with Crippen LogP contribution in [0.3, 0.4) is 0 Å². The maximum Gasteiger partial charge on any atom is 0.246 e. The SMILES string of the molecule is CNC(=O)C(C)=CC(C)=O. The van der Waals surface area contributed by atoms with Gasteiger partial charge in [0.25, 0.3) is 0 Å². The highest BCUT2D eigenvalue weighted by Crippen LogP contribution is 1.90. The Hall–Kier alpha value is -1.12. The fourth-order valence-electron chi connectivity index (χ4n) is 0.568. The number of likely N-dealkylation sites (N-methyl/N-ethyl adjacent to an activating group) is 1. The largest absolute Gasteiger partial charge is 0.355 e. The van der Waals surface area contributed by atoms with Crippen LogP contribution in [0, 0.1) is 0 Å². The van der Waals surface area contributed by atoms with Gasteiger partial charge < -0.3 is 5.32 Å². The molecule has 0 radical (unpaired) electrons. The van der Waals surface area contributed by atoms with Gasteiger partial charge >= 0.3 is 0 Å². The summed E-state index contributed by atoms with van der Waals surface area (Å²) in [7, 11) is 1.53. The number of ketones is 1. The number of nitrogens with one attached hydrogen (secondary N) is 1. The fourth-order valence-corrected chi connectivity index (χ4v) is 0.568. The summed E-state index contributed by atoms with van der Waals surface area (Å²) in [5, 5.41) is 2.41. The monoisotopic (exact) mass is 141 g/mol. The molecule has 1 N–H and O–H groups in total. The van der Waals surface area contributed by atoms with Crippen LogP contribution < -0.4 is 5.32 Å². The number of rotatable bonds is 2. The maximum atomic E-state index is 10.7. The van der Waals surface area contributed by atoms with Crippen LogP contribution in [-0.4, -0.2) is 18.7 Å². The van der Waals surface area contributed by atoms with Gasteiger partial charge in [-0.25, -0.2) is 0 Å². The lowest BCUT2D eigenvalue weighted by Gasteiger charge is -1.95. The Morgan fingerprint density at radius 2 is 1.80 bits per heavy atom. The first-order valence-corrected chi connectivity index (χ1v) is 2.99. The van der Waals surface area contributed by atoms with Gasteiger partial charge in [-0.3, -0.25) is 9.59 Å². The summed E-state index contributed by atoms with van der Waals surface area (Å²) < 4.78 is 0. The molecule has 0 spiro atoms. The Morgan fingerprint density at radius 1 is 1.30 bits per heavy atom. The molecule has 56 valence electrons. The van der Waals surface area contributed by atoms with E-state index < -0.39 is 0 Å². The van der Waals surface area contributed by atoms with E-state index in [1.807, 2.05) is 0 Å². The zero-order valence-corrected chi connectivity index (χ0v) is 6.39. The summed E-state index contributed by atoms with van der Waals surface area (Å²) in [6, 6.07) is 0. The highest BCUT2D eigenvalue weighted by Gasteiger charge is 1.99. The lowest BCUT2D eigenvalue weighted by atomic mass is 10.2. The van der Waals surface area contributed by atoms with Crippen molar-refractivity contribution >= 4 is 11.7 Å². The molecule has 0 heterocycles. The van der Waals surface area contributed by atoms with Crippen LogP contribution in [0.5, 0.6) is 0 Å². The molecule has 0 aromatic heterocycles. The zero-order chi connectivity index (χ0) is 8.15. The molecule has 3 nitrogen and oxygen atoms in total. The summed E-state index contributed by atoms with van der Waals surface area (Å²) in [6.07, 6.45) is 1.30. The molecular formula is C7H11NO2. The first-order chi connectivity index (χ1) is 4.57. The number of amides is 1. The predicted molar refractivity (Wildman–Crippen MR) is 38.5 cm³/mol. The van der Waals surface area contributed by atoms with E-state index in [9.17, 15) is 9.59 Å². The molecular weight excluding hydrogens is 130 g/mol. The molecule has 0 aromatic rings.